The zero-order valence-electron chi connectivity index (χ0n) is 11.1. The van der Waals surface area contributed by atoms with Gasteiger partial charge in [-0.1, -0.05) is 13.3 Å². The van der Waals surface area contributed by atoms with E-state index in [-0.39, 0.29) is 19.6 Å². The molecule has 2 amide bonds. The van der Waals surface area contributed by atoms with Crippen molar-refractivity contribution < 1.29 is 32.6 Å². The minimum Gasteiger partial charge on any atom is -0.480 e. The Morgan fingerprint density at radius 3 is 2.50 bits per heavy atom. The number of carbonyl (C=O) groups excluding carboxylic acids is 1. The highest BCUT2D eigenvalue weighted by Gasteiger charge is 2.27. The molecule has 20 heavy (non-hydrogen) atoms. The van der Waals surface area contributed by atoms with E-state index in [0.717, 1.165) is 0 Å². The minimum absolute atomic E-state index is 0.0994. The Morgan fingerprint density at radius 2 is 2.00 bits per heavy atom. The number of alkyl halides is 3. The third-order valence-corrected chi connectivity index (χ3v) is 2.20. The number of ether oxygens (including phenoxy) is 1. The van der Waals surface area contributed by atoms with Gasteiger partial charge in [-0.15, -0.1) is 0 Å². The maximum Gasteiger partial charge on any atom is 0.411 e. The van der Waals surface area contributed by atoms with E-state index >= 15 is 0 Å². The Kier molecular flexibility index (Phi) is 8.69. The van der Waals surface area contributed by atoms with E-state index in [9.17, 15) is 22.8 Å². The molecule has 1 unspecified atom stereocenters. The van der Waals surface area contributed by atoms with E-state index in [0.29, 0.717) is 12.8 Å². The molecule has 3 N–H and O–H groups in total. The molecule has 0 heterocycles. The van der Waals surface area contributed by atoms with Crippen molar-refractivity contribution in [3.05, 3.63) is 0 Å². The van der Waals surface area contributed by atoms with Crippen molar-refractivity contribution in [1.29, 1.82) is 0 Å². The number of carbonyl (C=O) groups is 2. The summed E-state index contributed by atoms with van der Waals surface area (Å²) in [4.78, 5) is 22.1. The Morgan fingerprint density at radius 1 is 1.35 bits per heavy atom. The largest absolute Gasteiger partial charge is 0.480 e. The molecule has 0 bridgehead atoms. The van der Waals surface area contributed by atoms with Gasteiger partial charge in [-0.3, -0.25) is 0 Å². The van der Waals surface area contributed by atoms with Crippen LogP contribution < -0.4 is 10.6 Å². The van der Waals surface area contributed by atoms with Crippen molar-refractivity contribution in [1.82, 2.24) is 10.6 Å². The molecule has 1 atom stereocenters. The highest BCUT2D eigenvalue weighted by Crippen LogP contribution is 2.14. The molecule has 118 valence electrons. The lowest BCUT2D eigenvalue weighted by Gasteiger charge is -2.14. The quantitative estimate of drug-likeness (QED) is 0.563. The Hall–Kier alpha value is -1.51. The van der Waals surface area contributed by atoms with Crippen LogP contribution in [0.15, 0.2) is 0 Å². The van der Waals surface area contributed by atoms with E-state index in [2.05, 4.69) is 15.4 Å². The van der Waals surface area contributed by atoms with Crippen LogP contribution in [0.1, 0.15) is 26.2 Å². The Labute approximate surface area is 114 Å². The van der Waals surface area contributed by atoms with Crippen LogP contribution in [0.4, 0.5) is 18.0 Å². The number of amides is 2. The van der Waals surface area contributed by atoms with Gasteiger partial charge in [0.15, 0.2) is 0 Å². The smallest absolute Gasteiger partial charge is 0.411 e. The maximum atomic E-state index is 11.7. The lowest BCUT2D eigenvalue weighted by molar-refractivity contribution is -0.173. The number of aliphatic carboxylic acids is 1. The van der Waals surface area contributed by atoms with Crippen LogP contribution in [0.3, 0.4) is 0 Å². The molecule has 9 heteroatoms. The molecule has 0 fully saturated rings. The highest BCUT2D eigenvalue weighted by molar-refractivity contribution is 5.82. The average Bonchev–Trinajstić information content (AvgIpc) is 2.31. The summed E-state index contributed by atoms with van der Waals surface area (Å²) < 4.78 is 39.5. The SMILES string of the molecule is CCCC(NC(=O)NCCCOCC(F)(F)F)C(=O)O. The molecule has 0 aromatic carbocycles. The fourth-order valence-corrected chi connectivity index (χ4v) is 1.32. The predicted molar refractivity (Wildman–Crippen MR) is 64.4 cm³/mol. The van der Waals surface area contributed by atoms with E-state index in [4.69, 9.17) is 5.11 Å². The molecule has 0 spiro atoms. The Balaban J connectivity index is 3.70. The van der Waals surface area contributed by atoms with Crippen molar-refractivity contribution in [3.63, 3.8) is 0 Å². The highest BCUT2D eigenvalue weighted by atomic mass is 19.4. The summed E-state index contributed by atoms with van der Waals surface area (Å²) in [6, 6.07) is -1.64. The third kappa shape index (κ3) is 10.4. The van der Waals surface area contributed by atoms with Gasteiger partial charge in [-0.05, 0) is 12.8 Å². The first-order valence-electron chi connectivity index (χ1n) is 6.18. The lowest BCUT2D eigenvalue weighted by Crippen LogP contribution is -2.46. The number of hydrogen-bond acceptors (Lipinski definition) is 3. The summed E-state index contributed by atoms with van der Waals surface area (Å²) in [5.74, 6) is -1.13. The molecule has 0 rings (SSSR count). The van der Waals surface area contributed by atoms with Gasteiger partial charge in [-0.2, -0.15) is 13.2 Å². The predicted octanol–water partition coefficient (Wildman–Crippen LogP) is 1.51. The van der Waals surface area contributed by atoms with Gasteiger partial charge in [0.25, 0.3) is 0 Å². The maximum absolute atomic E-state index is 11.7. The average molecular weight is 300 g/mol. The molecule has 6 nitrogen and oxygen atoms in total. The summed E-state index contributed by atoms with van der Waals surface area (Å²) in [5.41, 5.74) is 0. The summed E-state index contributed by atoms with van der Waals surface area (Å²) in [5, 5.41) is 13.4. The fraction of sp³-hybridized carbons (Fsp3) is 0.818. The van der Waals surface area contributed by atoms with E-state index in [1.54, 1.807) is 6.92 Å². The molecule has 0 saturated heterocycles. The minimum atomic E-state index is -4.36. The standard InChI is InChI=1S/C11H19F3N2O4/c1-2-4-8(9(17)18)16-10(19)15-5-3-6-20-7-11(12,13)14/h8H,2-7H2,1H3,(H,17,18)(H2,15,16,19). The van der Waals surface area contributed by atoms with Crippen molar-refractivity contribution in [2.24, 2.45) is 0 Å². The molecule has 0 aliphatic heterocycles. The molecule has 0 aliphatic rings. The fourth-order valence-electron chi connectivity index (χ4n) is 1.32. The van der Waals surface area contributed by atoms with Crippen LogP contribution in [0, 0.1) is 0 Å². The summed E-state index contributed by atoms with van der Waals surface area (Å²) in [6.07, 6.45) is -3.26. The van der Waals surface area contributed by atoms with Crippen LogP contribution in [0.5, 0.6) is 0 Å². The number of halogens is 3. The van der Waals surface area contributed by atoms with Crippen molar-refractivity contribution in [2.45, 2.75) is 38.4 Å². The van der Waals surface area contributed by atoms with E-state index < -0.39 is 30.8 Å². The summed E-state index contributed by atoms with van der Waals surface area (Å²) in [6.45, 7) is 0.420. The summed E-state index contributed by atoms with van der Waals surface area (Å²) >= 11 is 0. The van der Waals surface area contributed by atoms with Gasteiger partial charge in [-0.25, -0.2) is 9.59 Å². The van der Waals surface area contributed by atoms with E-state index in [1.807, 2.05) is 0 Å². The zero-order chi connectivity index (χ0) is 15.6. The first-order chi connectivity index (χ1) is 9.26. The number of rotatable bonds is 9. The van der Waals surface area contributed by atoms with Gasteiger partial charge in [0, 0.05) is 13.2 Å². The monoisotopic (exact) mass is 300 g/mol. The number of nitrogens with one attached hydrogen (secondary N) is 2. The van der Waals surface area contributed by atoms with Crippen molar-refractivity contribution in [3.8, 4) is 0 Å². The first kappa shape index (κ1) is 18.5. The lowest BCUT2D eigenvalue weighted by atomic mass is 10.2. The van der Waals surface area contributed by atoms with Crippen molar-refractivity contribution >= 4 is 12.0 Å². The second-order valence-electron chi connectivity index (χ2n) is 4.10. The molecule has 0 saturated carbocycles. The van der Waals surface area contributed by atoms with Crippen LogP contribution in [0.2, 0.25) is 0 Å². The normalized spacial score (nSPS) is 12.8. The second-order valence-corrected chi connectivity index (χ2v) is 4.10. The van der Waals surface area contributed by atoms with Gasteiger partial charge in [0.1, 0.15) is 12.6 Å². The number of urea groups is 1. The molecule has 0 radical (unpaired) electrons. The van der Waals surface area contributed by atoms with Crippen LogP contribution in [0.25, 0.3) is 0 Å². The van der Waals surface area contributed by atoms with Crippen LogP contribution in [-0.4, -0.2) is 49.1 Å². The molecule has 0 aliphatic carbocycles. The number of carboxylic acids is 1. The molecule has 0 aromatic rings. The molecular weight excluding hydrogens is 281 g/mol. The van der Waals surface area contributed by atoms with Gasteiger partial charge >= 0.3 is 18.2 Å². The zero-order valence-corrected chi connectivity index (χ0v) is 11.1. The topological polar surface area (TPSA) is 87.7 Å². The Bertz CT molecular complexity index is 311. The van der Waals surface area contributed by atoms with Gasteiger partial charge < -0.3 is 20.5 Å². The number of carboxylic acid groups (broad SMARTS) is 1. The van der Waals surface area contributed by atoms with Gasteiger partial charge in [0.05, 0.1) is 0 Å². The van der Waals surface area contributed by atoms with Crippen LogP contribution >= 0.6 is 0 Å². The molecular formula is C11H19F3N2O4. The summed E-state index contributed by atoms with van der Waals surface area (Å²) in [7, 11) is 0. The third-order valence-electron chi connectivity index (χ3n) is 2.20. The molecule has 0 aromatic heterocycles. The second kappa shape index (κ2) is 9.40. The van der Waals surface area contributed by atoms with Crippen molar-refractivity contribution in [2.75, 3.05) is 19.8 Å². The van der Waals surface area contributed by atoms with Gasteiger partial charge in [0.2, 0.25) is 0 Å². The van der Waals surface area contributed by atoms with Crippen LogP contribution in [-0.2, 0) is 9.53 Å². The first-order valence-corrected chi connectivity index (χ1v) is 6.18. The van der Waals surface area contributed by atoms with E-state index in [1.165, 1.54) is 0 Å². The number of hydrogen-bond donors (Lipinski definition) is 3.